The lowest BCUT2D eigenvalue weighted by molar-refractivity contribution is 0.247. The van der Waals surface area contributed by atoms with Crippen molar-refractivity contribution in [2.75, 3.05) is 6.54 Å². The fourth-order valence-corrected chi connectivity index (χ4v) is 4.78. The number of aromatic nitrogens is 3. The minimum atomic E-state index is -3.65. The molecule has 0 unspecified atom stereocenters. The van der Waals surface area contributed by atoms with Crippen molar-refractivity contribution in [2.24, 2.45) is 0 Å². The van der Waals surface area contributed by atoms with Crippen LogP contribution in [0.25, 0.3) is 0 Å². The molecule has 6 nitrogen and oxygen atoms in total. The number of H-pyrrole nitrogens is 1. The molecule has 0 aliphatic carbocycles. The van der Waals surface area contributed by atoms with Gasteiger partial charge in [0.05, 0.1) is 11.1 Å². The second-order valence-electron chi connectivity index (χ2n) is 4.93. The highest BCUT2D eigenvalue weighted by atomic mass is 35.5. The summed E-state index contributed by atoms with van der Waals surface area (Å²) in [5, 5.41) is 6.83. The van der Waals surface area contributed by atoms with Gasteiger partial charge in [0.15, 0.2) is 0 Å². The molecule has 112 valence electrons. The maximum Gasteiger partial charge on any atom is 0.245 e. The average molecular weight is 327 g/mol. The largest absolute Gasteiger partial charge is 0.262 e. The fourth-order valence-electron chi connectivity index (χ4n) is 2.62. The molecule has 1 N–H and O–H groups in total. The SMILES string of the molecule is O=S(=O)(c1ccccc1Cl)N1CCCC[C@H]1c1ncn[nH]1. The highest BCUT2D eigenvalue weighted by Crippen LogP contribution is 2.35. The summed E-state index contributed by atoms with van der Waals surface area (Å²) >= 11 is 6.06. The van der Waals surface area contributed by atoms with E-state index >= 15 is 0 Å². The molecule has 1 aliphatic rings. The number of nitrogens with one attached hydrogen (secondary N) is 1. The molecule has 2 aromatic rings. The van der Waals surface area contributed by atoms with Crippen LogP contribution in [0.2, 0.25) is 5.02 Å². The van der Waals surface area contributed by atoms with Gasteiger partial charge in [0.2, 0.25) is 10.0 Å². The monoisotopic (exact) mass is 326 g/mol. The lowest BCUT2D eigenvalue weighted by Crippen LogP contribution is -2.39. The van der Waals surface area contributed by atoms with Crippen molar-refractivity contribution >= 4 is 21.6 Å². The molecule has 1 saturated heterocycles. The van der Waals surface area contributed by atoms with E-state index in [0.29, 0.717) is 12.4 Å². The van der Waals surface area contributed by atoms with E-state index in [2.05, 4.69) is 15.2 Å². The van der Waals surface area contributed by atoms with E-state index in [1.807, 2.05) is 0 Å². The van der Waals surface area contributed by atoms with Crippen LogP contribution in [0.1, 0.15) is 31.1 Å². The van der Waals surface area contributed by atoms with E-state index in [9.17, 15) is 8.42 Å². The molecule has 21 heavy (non-hydrogen) atoms. The van der Waals surface area contributed by atoms with Gasteiger partial charge in [0.1, 0.15) is 17.0 Å². The molecule has 0 bridgehead atoms. The van der Waals surface area contributed by atoms with Crippen LogP contribution in [0.4, 0.5) is 0 Å². The zero-order chi connectivity index (χ0) is 14.9. The van der Waals surface area contributed by atoms with E-state index in [1.165, 1.54) is 16.7 Å². The highest BCUT2D eigenvalue weighted by molar-refractivity contribution is 7.89. The van der Waals surface area contributed by atoms with Crippen molar-refractivity contribution in [1.82, 2.24) is 19.5 Å². The first-order valence-corrected chi connectivity index (χ1v) is 8.54. The minimum Gasteiger partial charge on any atom is -0.262 e. The van der Waals surface area contributed by atoms with Crippen LogP contribution in [-0.2, 0) is 10.0 Å². The number of nitrogens with zero attached hydrogens (tertiary/aromatic N) is 3. The maximum absolute atomic E-state index is 12.9. The van der Waals surface area contributed by atoms with Gasteiger partial charge in [-0.05, 0) is 25.0 Å². The molecule has 0 amide bonds. The summed E-state index contributed by atoms with van der Waals surface area (Å²) in [6, 6.07) is 6.19. The Hall–Kier alpha value is -1.44. The van der Waals surface area contributed by atoms with Crippen LogP contribution in [0.15, 0.2) is 35.5 Å². The van der Waals surface area contributed by atoms with Crippen LogP contribution in [-0.4, -0.2) is 34.4 Å². The molecular weight excluding hydrogens is 312 g/mol. The first-order chi connectivity index (χ1) is 10.1. The van der Waals surface area contributed by atoms with Crippen molar-refractivity contribution in [3.8, 4) is 0 Å². The maximum atomic E-state index is 12.9. The van der Waals surface area contributed by atoms with Crippen molar-refractivity contribution in [2.45, 2.75) is 30.2 Å². The second-order valence-corrected chi connectivity index (χ2v) is 7.19. The number of halogens is 1. The molecule has 1 atom stereocenters. The fraction of sp³-hybridized carbons (Fsp3) is 0.385. The van der Waals surface area contributed by atoms with E-state index in [4.69, 9.17) is 11.6 Å². The highest BCUT2D eigenvalue weighted by Gasteiger charge is 2.36. The predicted molar refractivity (Wildman–Crippen MR) is 78.3 cm³/mol. The molecule has 1 fully saturated rings. The van der Waals surface area contributed by atoms with Gasteiger partial charge >= 0.3 is 0 Å². The number of piperidine rings is 1. The van der Waals surface area contributed by atoms with E-state index in [-0.39, 0.29) is 16.0 Å². The zero-order valence-corrected chi connectivity index (χ0v) is 12.8. The van der Waals surface area contributed by atoms with Crippen LogP contribution in [0.3, 0.4) is 0 Å². The molecule has 0 radical (unpaired) electrons. The third-order valence-electron chi connectivity index (χ3n) is 3.63. The van der Waals surface area contributed by atoms with Gasteiger partial charge in [-0.15, -0.1) is 0 Å². The average Bonchev–Trinajstić information content (AvgIpc) is 3.01. The van der Waals surface area contributed by atoms with E-state index in [1.54, 1.807) is 18.2 Å². The Labute approximate surface area is 128 Å². The summed E-state index contributed by atoms with van der Waals surface area (Å²) in [5.74, 6) is 0.574. The van der Waals surface area contributed by atoms with Crippen LogP contribution >= 0.6 is 11.6 Å². The second kappa shape index (κ2) is 5.75. The van der Waals surface area contributed by atoms with Gasteiger partial charge in [-0.3, -0.25) is 5.10 Å². The summed E-state index contributed by atoms with van der Waals surface area (Å²) in [6.07, 6.45) is 3.90. The van der Waals surface area contributed by atoms with Crippen LogP contribution in [0, 0.1) is 0 Å². The number of rotatable bonds is 3. The Morgan fingerprint density at radius 2 is 2.10 bits per heavy atom. The normalized spacial score (nSPS) is 20.5. The number of sulfonamides is 1. The standard InChI is InChI=1S/C13H15ClN4O2S/c14-10-5-1-2-7-12(10)21(19,20)18-8-4-3-6-11(18)13-15-9-16-17-13/h1-2,5,7,9,11H,3-4,6,8H2,(H,15,16,17)/t11-/m0/s1. The summed E-state index contributed by atoms with van der Waals surface area (Å²) in [7, 11) is -3.65. The number of benzene rings is 1. The Kier molecular flexibility index (Phi) is 3.97. The van der Waals surface area contributed by atoms with Gasteiger partial charge in [0.25, 0.3) is 0 Å². The van der Waals surface area contributed by atoms with E-state index in [0.717, 1.165) is 19.3 Å². The molecule has 8 heteroatoms. The number of aromatic amines is 1. The Morgan fingerprint density at radius 1 is 1.29 bits per heavy atom. The number of hydrogen-bond donors (Lipinski definition) is 1. The first kappa shape index (κ1) is 14.5. The zero-order valence-electron chi connectivity index (χ0n) is 11.2. The molecule has 3 rings (SSSR count). The molecule has 1 aliphatic heterocycles. The van der Waals surface area contributed by atoms with Gasteiger partial charge in [0, 0.05) is 6.54 Å². The topological polar surface area (TPSA) is 79.0 Å². The van der Waals surface area contributed by atoms with Crippen LogP contribution in [0.5, 0.6) is 0 Å². The molecule has 0 saturated carbocycles. The van der Waals surface area contributed by atoms with Crippen molar-refractivity contribution in [3.05, 3.63) is 41.4 Å². The lowest BCUT2D eigenvalue weighted by atomic mass is 10.0. The van der Waals surface area contributed by atoms with Crippen molar-refractivity contribution < 1.29 is 8.42 Å². The molecule has 1 aromatic heterocycles. The van der Waals surface area contributed by atoms with Crippen molar-refractivity contribution in [3.63, 3.8) is 0 Å². The Balaban J connectivity index is 2.02. The molecule has 2 heterocycles. The third-order valence-corrected chi connectivity index (χ3v) is 6.03. The quantitative estimate of drug-likeness (QED) is 0.939. The summed E-state index contributed by atoms with van der Waals surface area (Å²) < 4.78 is 27.3. The van der Waals surface area contributed by atoms with Gasteiger partial charge in [-0.2, -0.15) is 9.40 Å². The smallest absolute Gasteiger partial charge is 0.245 e. The minimum absolute atomic E-state index is 0.137. The summed E-state index contributed by atoms with van der Waals surface area (Å²) in [5.41, 5.74) is 0. The molecule has 1 aromatic carbocycles. The van der Waals surface area contributed by atoms with Gasteiger partial charge < -0.3 is 0 Å². The number of hydrogen-bond acceptors (Lipinski definition) is 4. The van der Waals surface area contributed by atoms with Crippen molar-refractivity contribution in [1.29, 1.82) is 0 Å². The first-order valence-electron chi connectivity index (χ1n) is 6.72. The summed E-state index contributed by atoms with van der Waals surface area (Å²) in [4.78, 5) is 4.25. The van der Waals surface area contributed by atoms with Gasteiger partial charge in [-0.25, -0.2) is 13.4 Å². The predicted octanol–water partition coefficient (Wildman–Crippen LogP) is 2.37. The summed E-state index contributed by atoms with van der Waals surface area (Å²) in [6.45, 7) is 0.457. The third kappa shape index (κ3) is 2.68. The van der Waals surface area contributed by atoms with E-state index < -0.39 is 10.0 Å². The Bertz CT molecular complexity index is 718. The molecule has 0 spiro atoms. The van der Waals surface area contributed by atoms with Crippen LogP contribution < -0.4 is 0 Å². The Morgan fingerprint density at radius 3 is 2.81 bits per heavy atom. The molecular formula is C13H15ClN4O2S. The lowest BCUT2D eigenvalue weighted by Gasteiger charge is -2.33. The van der Waals surface area contributed by atoms with Gasteiger partial charge in [-0.1, -0.05) is 30.2 Å².